The van der Waals surface area contributed by atoms with Crippen molar-refractivity contribution in [3.8, 4) is 16.9 Å². The Labute approximate surface area is 170 Å². The lowest BCUT2D eigenvalue weighted by molar-refractivity contribution is 0.563. The molecule has 0 spiro atoms. The third kappa shape index (κ3) is 3.05. The summed E-state index contributed by atoms with van der Waals surface area (Å²) in [6.45, 7) is 3.70. The molecule has 1 aliphatic rings. The molecule has 3 heterocycles. The first-order valence-electron chi connectivity index (χ1n) is 9.74. The van der Waals surface area contributed by atoms with Gasteiger partial charge in [-0.1, -0.05) is 18.2 Å². The lowest BCUT2D eigenvalue weighted by atomic mass is 10.1. The van der Waals surface area contributed by atoms with Crippen LogP contribution in [0.3, 0.4) is 0 Å². The number of fused-ring (bicyclic) bond motifs is 1. The molecule has 0 unspecified atom stereocenters. The summed E-state index contributed by atoms with van der Waals surface area (Å²) in [4.78, 5) is 17.5. The van der Waals surface area contributed by atoms with Crippen LogP contribution in [0.25, 0.3) is 27.8 Å². The Morgan fingerprint density at radius 3 is 2.33 bits per heavy atom. The first kappa shape index (κ1) is 18.5. The number of para-hydroxylation sites is 1. The molecular formula is C22H19F2N5O. The topological polar surface area (TPSA) is 66.0 Å². The van der Waals surface area contributed by atoms with Crippen molar-refractivity contribution in [1.82, 2.24) is 20.1 Å². The van der Waals surface area contributed by atoms with Crippen LogP contribution in [0.1, 0.15) is 0 Å². The zero-order valence-electron chi connectivity index (χ0n) is 16.0. The van der Waals surface area contributed by atoms with Crippen LogP contribution in [-0.4, -0.2) is 40.9 Å². The number of rotatable bonds is 3. The molecule has 0 saturated carbocycles. The van der Waals surface area contributed by atoms with E-state index in [-0.39, 0.29) is 16.6 Å². The Kier molecular flexibility index (Phi) is 4.55. The fraction of sp³-hybridized carbons (Fsp3) is 0.182. The van der Waals surface area contributed by atoms with Gasteiger partial charge in [0.25, 0.3) is 5.56 Å². The van der Waals surface area contributed by atoms with Crippen molar-refractivity contribution in [2.24, 2.45) is 0 Å². The minimum Gasteiger partial charge on any atom is -0.369 e. The van der Waals surface area contributed by atoms with E-state index in [9.17, 15) is 13.6 Å². The van der Waals surface area contributed by atoms with E-state index in [2.05, 4.69) is 20.3 Å². The number of nitrogens with one attached hydrogen (secondary N) is 2. The zero-order valence-corrected chi connectivity index (χ0v) is 16.0. The smallest absolute Gasteiger partial charge is 0.259 e. The van der Waals surface area contributed by atoms with Crippen molar-refractivity contribution in [3.63, 3.8) is 0 Å². The van der Waals surface area contributed by atoms with Gasteiger partial charge in [-0.25, -0.2) is 13.5 Å². The molecule has 0 amide bonds. The van der Waals surface area contributed by atoms with Crippen LogP contribution in [0.5, 0.6) is 0 Å². The summed E-state index contributed by atoms with van der Waals surface area (Å²) >= 11 is 0. The molecule has 2 aromatic heterocycles. The molecule has 0 aliphatic carbocycles. The fourth-order valence-corrected chi connectivity index (χ4v) is 3.89. The second-order valence-electron chi connectivity index (χ2n) is 7.18. The number of anilines is 1. The predicted molar refractivity (Wildman–Crippen MR) is 112 cm³/mol. The second-order valence-corrected chi connectivity index (χ2v) is 7.18. The quantitative estimate of drug-likeness (QED) is 0.548. The highest BCUT2D eigenvalue weighted by molar-refractivity contribution is 5.93. The monoisotopic (exact) mass is 407 g/mol. The molecule has 2 aromatic carbocycles. The number of aromatic nitrogens is 3. The van der Waals surface area contributed by atoms with E-state index in [0.29, 0.717) is 16.8 Å². The molecule has 1 aliphatic heterocycles. The molecule has 8 heteroatoms. The summed E-state index contributed by atoms with van der Waals surface area (Å²) < 4.78 is 30.0. The average Bonchev–Trinajstić information content (AvgIpc) is 3.15. The maximum atomic E-state index is 14.4. The standard InChI is InChI=1S/C22H19F2N5O/c23-16-2-1-3-17(24)21(16)29-18-8-9-26-22(30)19(18)20(27-29)14-4-6-15(7-5-14)28-12-10-25-11-13-28/h1-9,25H,10-13H2,(H,26,30). The average molecular weight is 407 g/mol. The number of hydrogen-bond acceptors (Lipinski definition) is 4. The molecule has 0 atom stereocenters. The van der Waals surface area contributed by atoms with Crippen molar-refractivity contribution >= 4 is 16.6 Å². The van der Waals surface area contributed by atoms with Gasteiger partial charge in [0.05, 0.1) is 10.9 Å². The molecule has 0 bridgehead atoms. The van der Waals surface area contributed by atoms with Gasteiger partial charge in [-0.15, -0.1) is 0 Å². The number of halogens is 2. The Balaban J connectivity index is 1.66. The first-order valence-corrected chi connectivity index (χ1v) is 9.74. The summed E-state index contributed by atoms with van der Waals surface area (Å²) in [5.74, 6) is -1.50. The van der Waals surface area contributed by atoms with Crippen molar-refractivity contribution < 1.29 is 8.78 Å². The highest BCUT2D eigenvalue weighted by atomic mass is 19.1. The van der Waals surface area contributed by atoms with Gasteiger partial charge >= 0.3 is 0 Å². The maximum absolute atomic E-state index is 14.4. The van der Waals surface area contributed by atoms with Gasteiger partial charge in [-0.05, 0) is 30.3 Å². The van der Waals surface area contributed by atoms with E-state index in [0.717, 1.165) is 36.5 Å². The molecule has 0 radical (unpaired) electrons. The van der Waals surface area contributed by atoms with E-state index in [1.807, 2.05) is 24.3 Å². The number of hydrogen-bond donors (Lipinski definition) is 2. The van der Waals surface area contributed by atoms with E-state index >= 15 is 0 Å². The van der Waals surface area contributed by atoms with Gasteiger partial charge in [-0.3, -0.25) is 4.79 Å². The molecule has 2 N–H and O–H groups in total. The summed E-state index contributed by atoms with van der Waals surface area (Å²) in [5.41, 5.74) is 1.82. The number of H-pyrrole nitrogens is 1. The van der Waals surface area contributed by atoms with E-state index in [1.54, 1.807) is 6.07 Å². The number of nitrogens with zero attached hydrogens (tertiary/aromatic N) is 3. The van der Waals surface area contributed by atoms with Gasteiger partial charge in [0.2, 0.25) is 0 Å². The predicted octanol–water partition coefficient (Wildman–Crippen LogP) is 3.07. The first-order chi connectivity index (χ1) is 14.6. The van der Waals surface area contributed by atoms with Crippen LogP contribution in [-0.2, 0) is 0 Å². The van der Waals surface area contributed by atoms with Crippen LogP contribution in [0.15, 0.2) is 59.5 Å². The second kappa shape index (κ2) is 7.38. The van der Waals surface area contributed by atoms with Crippen LogP contribution in [0.4, 0.5) is 14.5 Å². The van der Waals surface area contributed by atoms with Gasteiger partial charge in [-0.2, -0.15) is 5.10 Å². The number of pyridine rings is 1. The van der Waals surface area contributed by atoms with Crippen molar-refractivity contribution in [2.75, 3.05) is 31.1 Å². The summed E-state index contributed by atoms with van der Waals surface area (Å²) in [7, 11) is 0. The van der Waals surface area contributed by atoms with Crippen LogP contribution >= 0.6 is 0 Å². The normalized spacial score (nSPS) is 14.4. The Bertz CT molecular complexity index is 1250. The number of benzene rings is 2. The minimum atomic E-state index is -0.750. The molecule has 152 valence electrons. The van der Waals surface area contributed by atoms with E-state index < -0.39 is 11.6 Å². The molecule has 4 aromatic rings. The van der Waals surface area contributed by atoms with Crippen LogP contribution < -0.4 is 15.8 Å². The van der Waals surface area contributed by atoms with Gasteiger partial charge in [0, 0.05) is 43.6 Å². The van der Waals surface area contributed by atoms with Crippen LogP contribution in [0.2, 0.25) is 0 Å². The van der Waals surface area contributed by atoms with Crippen molar-refractivity contribution in [2.45, 2.75) is 0 Å². The molecule has 30 heavy (non-hydrogen) atoms. The SMILES string of the molecule is O=c1[nH]ccc2c1c(-c1ccc(N3CCNCC3)cc1)nn2-c1c(F)cccc1F. The van der Waals surface area contributed by atoms with Gasteiger partial charge in [0.15, 0.2) is 11.6 Å². The summed E-state index contributed by atoms with van der Waals surface area (Å²) in [6, 6.07) is 12.9. The lowest BCUT2D eigenvalue weighted by Crippen LogP contribution is -2.43. The largest absolute Gasteiger partial charge is 0.369 e. The van der Waals surface area contributed by atoms with E-state index in [4.69, 9.17) is 0 Å². The molecule has 6 nitrogen and oxygen atoms in total. The van der Waals surface area contributed by atoms with Crippen LogP contribution in [0, 0.1) is 11.6 Å². The fourth-order valence-electron chi connectivity index (χ4n) is 3.89. The molecule has 1 fully saturated rings. The Morgan fingerprint density at radius 2 is 1.63 bits per heavy atom. The van der Waals surface area contributed by atoms with Gasteiger partial charge < -0.3 is 15.2 Å². The molecule has 5 rings (SSSR count). The minimum absolute atomic E-state index is 0.287. The number of piperazine rings is 1. The highest BCUT2D eigenvalue weighted by Crippen LogP contribution is 2.30. The van der Waals surface area contributed by atoms with Gasteiger partial charge in [0.1, 0.15) is 11.4 Å². The highest BCUT2D eigenvalue weighted by Gasteiger charge is 2.21. The lowest BCUT2D eigenvalue weighted by Gasteiger charge is -2.29. The summed E-state index contributed by atoms with van der Waals surface area (Å²) in [6.07, 6.45) is 1.44. The zero-order chi connectivity index (χ0) is 20.7. The molecular weight excluding hydrogens is 388 g/mol. The van der Waals surface area contributed by atoms with Crippen molar-refractivity contribution in [3.05, 3.63) is 76.7 Å². The third-order valence-electron chi connectivity index (χ3n) is 5.38. The number of aromatic amines is 1. The Morgan fingerprint density at radius 1 is 0.933 bits per heavy atom. The maximum Gasteiger partial charge on any atom is 0.259 e. The molecule has 1 saturated heterocycles. The summed E-state index contributed by atoms with van der Waals surface area (Å²) in [5, 5.41) is 8.06. The van der Waals surface area contributed by atoms with Crippen molar-refractivity contribution in [1.29, 1.82) is 0 Å². The third-order valence-corrected chi connectivity index (χ3v) is 5.38. The Hall–Kier alpha value is -3.52. The van der Waals surface area contributed by atoms with E-state index in [1.165, 1.54) is 24.4 Å².